The summed E-state index contributed by atoms with van der Waals surface area (Å²) in [5, 5.41) is 2.16. The molecule has 0 saturated heterocycles. The summed E-state index contributed by atoms with van der Waals surface area (Å²) in [6.45, 7) is 0. The molecule has 276 valence electrons. The van der Waals surface area contributed by atoms with Crippen molar-refractivity contribution in [2.75, 3.05) is 0 Å². The Labute approximate surface area is 340 Å². The van der Waals surface area contributed by atoms with Crippen LogP contribution in [-0.4, -0.2) is 23.0 Å². The van der Waals surface area contributed by atoms with Gasteiger partial charge in [0, 0.05) is 34.3 Å². The van der Waals surface area contributed by atoms with Gasteiger partial charge in [0.25, 0.3) is 0 Å². The predicted molar refractivity (Wildman–Crippen MR) is 234 cm³/mol. The number of pyridine rings is 2. The minimum atomic E-state index is -3.71. The predicted octanol–water partition coefficient (Wildman–Crippen LogP) is 12.1. The van der Waals surface area contributed by atoms with E-state index in [9.17, 15) is 8.42 Å². The van der Waals surface area contributed by atoms with E-state index in [2.05, 4.69) is 126 Å². The maximum absolute atomic E-state index is 14.2. The summed E-state index contributed by atoms with van der Waals surface area (Å²) in [5.74, 6) is 0.823. The van der Waals surface area contributed by atoms with Crippen LogP contribution in [0, 0.1) is 0 Å². The fourth-order valence-corrected chi connectivity index (χ4v) is 12.2. The minimum Gasteiger partial charge on any atom is -0.278 e. The summed E-state index contributed by atoms with van der Waals surface area (Å²) in [4.78, 5) is 10.3. The Morgan fingerprint density at radius 3 is 1.78 bits per heavy atom. The van der Waals surface area contributed by atoms with Crippen molar-refractivity contribution < 1.29 is 8.42 Å². The second-order valence-corrected chi connectivity index (χ2v) is 17.6. The first-order chi connectivity index (χ1) is 29.0. The average Bonchev–Trinajstić information content (AvgIpc) is 3.83. The topological polar surface area (TPSA) is 64.8 Å². The highest BCUT2D eigenvalue weighted by molar-refractivity contribution is 7.92. The SMILES string of the molecule is O=S1(=O)c2ccccc2-c2cc3c(cc21)-c1ccccc1C31c2ccccc2-c2ccccc2-c2ccc(-c3ccc4c(c3)c3cccnc3n4-c3ccccn3)cc21. The van der Waals surface area contributed by atoms with Crippen molar-refractivity contribution in [2.24, 2.45) is 0 Å². The van der Waals surface area contributed by atoms with Crippen LogP contribution in [0.15, 0.2) is 198 Å². The maximum atomic E-state index is 14.2. The Balaban J connectivity index is 1.14. The number of benzene rings is 7. The quantitative estimate of drug-likeness (QED) is 0.175. The molecule has 6 heteroatoms. The van der Waals surface area contributed by atoms with Crippen LogP contribution in [-0.2, 0) is 15.3 Å². The van der Waals surface area contributed by atoms with E-state index in [0.717, 1.165) is 89.0 Å². The molecule has 7 aromatic carbocycles. The zero-order valence-corrected chi connectivity index (χ0v) is 32.3. The van der Waals surface area contributed by atoms with Crippen LogP contribution in [0.5, 0.6) is 0 Å². The molecule has 3 aromatic heterocycles. The van der Waals surface area contributed by atoms with Gasteiger partial charge in [-0.2, -0.15) is 0 Å². The van der Waals surface area contributed by atoms with Gasteiger partial charge in [-0.05, 0) is 127 Å². The van der Waals surface area contributed by atoms with E-state index in [0.29, 0.717) is 9.79 Å². The van der Waals surface area contributed by atoms with Crippen LogP contribution in [0.3, 0.4) is 0 Å². The highest BCUT2D eigenvalue weighted by Crippen LogP contribution is 2.63. The van der Waals surface area contributed by atoms with Crippen LogP contribution in [0.4, 0.5) is 0 Å². The van der Waals surface area contributed by atoms with E-state index >= 15 is 0 Å². The molecule has 0 saturated carbocycles. The number of hydrogen-bond acceptors (Lipinski definition) is 4. The zero-order valence-electron chi connectivity index (χ0n) is 31.5. The number of hydrogen-bond donors (Lipinski definition) is 0. The molecule has 2 aliphatic carbocycles. The second kappa shape index (κ2) is 11.6. The van der Waals surface area contributed by atoms with E-state index < -0.39 is 15.3 Å². The molecule has 10 aromatic rings. The van der Waals surface area contributed by atoms with Gasteiger partial charge in [-0.1, -0.05) is 115 Å². The van der Waals surface area contributed by atoms with Crippen molar-refractivity contribution in [2.45, 2.75) is 15.2 Å². The summed E-state index contributed by atoms with van der Waals surface area (Å²) in [6.07, 6.45) is 3.65. The number of nitrogens with zero attached hydrogens (tertiary/aromatic N) is 3. The molecule has 13 rings (SSSR count). The first-order valence-electron chi connectivity index (χ1n) is 19.8. The summed E-state index contributed by atoms with van der Waals surface area (Å²) in [5.41, 5.74) is 16.0. The Bertz CT molecular complexity index is 3590. The van der Waals surface area contributed by atoms with Crippen molar-refractivity contribution in [1.82, 2.24) is 14.5 Å². The lowest BCUT2D eigenvalue weighted by Crippen LogP contribution is -2.29. The summed E-state index contributed by atoms with van der Waals surface area (Å²) >= 11 is 0. The highest BCUT2D eigenvalue weighted by Gasteiger charge is 2.51. The third kappa shape index (κ3) is 4.15. The molecular weight excluding hydrogens is 743 g/mol. The molecule has 1 aliphatic heterocycles. The molecule has 0 amide bonds. The van der Waals surface area contributed by atoms with Crippen molar-refractivity contribution in [3.05, 3.63) is 211 Å². The van der Waals surface area contributed by atoms with Crippen molar-refractivity contribution in [3.8, 4) is 61.5 Å². The standard InChI is InChI=1S/C53H31N3O2S/c57-59(58)49-20-8-5-16-39(49)43-30-47-41(31-50(43)59)37-15-4-7-19-45(37)53(47)44-18-6-3-14-36(44)34-12-1-2-13-35(34)38-24-22-33(29-46(38)53)32-23-25-48-42(28-32)40-17-11-27-55-52(40)56(48)51-21-9-10-26-54-51/h1-31H. The Morgan fingerprint density at radius 2 is 1.02 bits per heavy atom. The van der Waals surface area contributed by atoms with E-state index in [1.54, 1.807) is 6.07 Å². The van der Waals surface area contributed by atoms with Gasteiger partial charge in [0.05, 0.1) is 20.7 Å². The van der Waals surface area contributed by atoms with Crippen LogP contribution in [0.1, 0.15) is 22.3 Å². The molecule has 1 unspecified atom stereocenters. The van der Waals surface area contributed by atoms with Gasteiger partial charge in [-0.15, -0.1) is 0 Å². The minimum absolute atomic E-state index is 0.368. The molecule has 5 nitrogen and oxygen atoms in total. The van der Waals surface area contributed by atoms with Crippen molar-refractivity contribution in [1.29, 1.82) is 0 Å². The van der Waals surface area contributed by atoms with Gasteiger partial charge in [-0.25, -0.2) is 18.4 Å². The number of sulfone groups is 1. The normalized spacial score (nSPS) is 16.1. The molecule has 1 spiro atoms. The van der Waals surface area contributed by atoms with Gasteiger partial charge in [-0.3, -0.25) is 4.57 Å². The monoisotopic (exact) mass is 773 g/mol. The lowest BCUT2D eigenvalue weighted by atomic mass is 9.65. The fraction of sp³-hybridized carbons (Fsp3) is 0.0189. The Morgan fingerprint density at radius 1 is 0.407 bits per heavy atom. The first-order valence-corrected chi connectivity index (χ1v) is 21.3. The number of fused-ring (bicyclic) bond motifs is 18. The maximum Gasteiger partial charge on any atom is 0.207 e. The van der Waals surface area contributed by atoms with Gasteiger partial charge in [0.1, 0.15) is 11.5 Å². The van der Waals surface area contributed by atoms with Crippen molar-refractivity contribution in [3.63, 3.8) is 0 Å². The smallest absolute Gasteiger partial charge is 0.207 e. The second-order valence-electron chi connectivity index (χ2n) is 15.7. The van der Waals surface area contributed by atoms with E-state index in [1.165, 1.54) is 16.7 Å². The van der Waals surface area contributed by atoms with Gasteiger partial charge in [0.15, 0.2) is 0 Å². The summed E-state index contributed by atoms with van der Waals surface area (Å²) < 4.78 is 30.5. The highest BCUT2D eigenvalue weighted by atomic mass is 32.2. The van der Waals surface area contributed by atoms with Crippen molar-refractivity contribution >= 4 is 31.8 Å². The van der Waals surface area contributed by atoms with E-state index in [4.69, 9.17) is 9.97 Å². The fourth-order valence-electron chi connectivity index (χ4n) is 10.5. The van der Waals surface area contributed by atoms with Gasteiger partial charge < -0.3 is 0 Å². The number of aromatic nitrogens is 3. The van der Waals surface area contributed by atoms with Gasteiger partial charge >= 0.3 is 0 Å². The van der Waals surface area contributed by atoms with Crippen LogP contribution in [0.2, 0.25) is 0 Å². The van der Waals surface area contributed by atoms with Crippen LogP contribution >= 0.6 is 0 Å². The molecule has 4 heterocycles. The number of rotatable bonds is 2. The van der Waals surface area contributed by atoms with Crippen LogP contribution < -0.4 is 0 Å². The van der Waals surface area contributed by atoms with Gasteiger partial charge in [0.2, 0.25) is 9.84 Å². The molecule has 0 radical (unpaired) electrons. The zero-order chi connectivity index (χ0) is 39.0. The molecule has 1 atom stereocenters. The molecule has 0 bridgehead atoms. The van der Waals surface area contributed by atoms with E-state index in [-0.39, 0.29) is 0 Å². The van der Waals surface area contributed by atoms with E-state index in [1.807, 2.05) is 60.9 Å². The summed E-state index contributed by atoms with van der Waals surface area (Å²) in [6, 6.07) is 61.4. The third-order valence-corrected chi connectivity index (χ3v) is 14.8. The van der Waals surface area contributed by atoms with Crippen LogP contribution in [0.25, 0.3) is 83.4 Å². The first kappa shape index (κ1) is 32.7. The molecule has 0 fully saturated rings. The molecule has 0 N–H and O–H groups in total. The Kier molecular flexibility index (Phi) is 6.42. The summed E-state index contributed by atoms with van der Waals surface area (Å²) in [7, 11) is -3.71. The largest absolute Gasteiger partial charge is 0.278 e. The lowest BCUT2D eigenvalue weighted by molar-refractivity contribution is 0.598. The molecule has 59 heavy (non-hydrogen) atoms. The average molecular weight is 774 g/mol. The Hall–Kier alpha value is -7.41. The molecule has 3 aliphatic rings. The molecular formula is C53H31N3O2S. The lowest BCUT2D eigenvalue weighted by Gasteiger charge is -2.36. The third-order valence-electron chi connectivity index (χ3n) is 12.9.